The van der Waals surface area contributed by atoms with E-state index in [1.165, 1.54) is 6.07 Å². The van der Waals surface area contributed by atoms with Crippen LogP contribution in [0.3, 0.4) is 0 Å². The van der Waals surface area contributed by atoms with Crippen molar-refractivity contribution in [2.24, 2.45) is 0 Å². The highest BCUT2D eigenvalue weighted by molar-refractivity contribution is 7.89. The van der Waals surface area contributed by atoms with E-state index in [1.807, 2.05) is 0 Å². The molecule has 1 N–H and O–H groups in total. The molecule has 0 radical (unpaired) electrons. The van der Waals surface area contributed by atoms with Crippen molar-refractivity contribution in [1.29, 1.82) is 0 Å². The maximum Gasteiger partial charge on any atom is 0.246 e. The summed E-state index contributed by atoms with van der Waals surface area (Å²) >= 11 is 0. The first-order valence-electron chi connectivity index (χ1n) is 5.18. The van der Waals surface area contributed by atoms with Crippen LogP contribution in [0.15, 0.2) is 23.1 Å². The van der Waals surface area contributed by atoms with Gasteiger partial charge in [0.15, 0.2) is 11.6 Å². The summed E-state index contributed by atoms with van der Waals surface area (Å²) in [4.78, 5) is -0.598. The summed E-state index contributed by atoms with van der Waals surface area (Å²) in [6, 6.07) is 3.16. The molecule has 1 fully saturated rings. The van der Waals surface area contributed by atoms with Crippen LogP contribution in [-0.2, 0) is 10.0 Å². The van der Waals surface area contributed by atoms with Gasteiger partial charge in [0.1, 0.15) is 4.90 Å². The van der Waals surface area contributed by atoms with Crippen molar-refractivity contribution in [1.82, 2.24) is 9.62 Å². The van der Waals surface area contributed by atoms with Crippen LogP contribution in [0.1, 0.15) is 0 Å². The predicted molar refractivity (Wildman–Crippen MR) is 58.0 cm³/mol. The number of nitrogens with zero attached hydrogens (tertiary/aromatic N) is 1. The third kappa shape index (κ3) is 2.31. The van der Waals surface area contributed by atoms with Gasteiger partial charge in [0, 0.05) is 26.2 Å². The summed E-state index contributed by atoms with van der Waals surface area (Å²) < 4.78 is 51.7. The maximum atomic E-state index is 13.5. The van der Waals surface area contributed by atoms with Crippen LogP contribution < -0.4 is 5.32 Å². The summed E-state index contributed by atoms with van der Waals surface area (Å²) in [5, 5.41) is 2.99. The molecule has 0 saturated carbocycles. The standard InChI is InChI=1S/C10H12F2N2O2S/c11-8-2-1-3-9(10(8)12)17(15,16)14-6-4-13-5-7-14/h1-3,13H,4-7H2. The lowest BCUT2D eigenvalue weighted by Crippen LogP contribution is -2.46. The molecule has 1 aliphatic rings. The number of benzene rings is 1. The van der Waals surface area contributed by atoms with Gasteiger partial charge in [-0.2, -0.15) is 4.31 Å². The first-order chi connectivity index (χ1) is 8.03. The summed E-state index contributed by atoms with van der Waals surface area (Å²) in [6.07, 6.45) is 0. The quantitative estimate of drug-likeness (QED) is 0.847. The first kappa shape index (κ1) is 12.4. The molecule has 2 rings (SSSR count). The summed E-state index contributed by atoms with van der Waals surface area (Å²) in [6.45, 7) is 1.54. The van der Waals surface area contributed by atoms with E-state index in [9.17, 15) is 17.2 Å². The second-order valence-electron chi connectivity index (χ2n) is 3.71. The van der Waals surface area contributed by atoms with Gasteiger partial charge in [-0.1, -0.05) is 6.07 Å². The maximum absolute atomic E-state index is 13.5. The average Bonchev–Trinajstić information content (AvgIpc) is 2.33. The van der Waals surface area contributed by atoms with Gasteiger partial charge in [-0.3, -0.25) is 0 Å². The number of rotatable bonds is 2. The number of halogens is 2. The molecule has 0 unspecified atom stereocenters. The molecule has 1 aromatic carbocycles. The van der Waals surface area contributed by atoms with Crippen LogP contribution in [0.5, 0.6) is 0 Å². The van der Waals surface area contributed by atoms with Crippen molar-refractivity contribution >= 4 is 10.0 Å². The van der Waals surface area contributed by atoms with Gasteiger partial charge < -0.3 is 5.32 Å². The molecule has 7 heteroatoms. The fourth-order valence-corrected chi connectivity index (χ4v) is 3.22. The Labute approximate surface area is 98.3 Å². The monoisotopic (exact) mass is 262 g/mol. The number of hydrogen-bond acceptors (Lipinski definition) is 3. The lowest BCUT2D eigenvalue weighted by atomic mass is 10.3. The lowest BCUT2D eigenvalue weighted by molar-refractivity contribution is 0.357. The summed E-state index contributed by atoms with van der Waals surface area (Å²) in [5.74, 6) is -2.47. The van der Waals surface area contributed by atoms with E-state index in [0.717, 1.165) is 16.4 Å². The van der Waals surface area contributed by atoms with Crippen LogP contribution in [0.4, 0.5) is 8.78 Å². The Balaban J connectivity index is 2.40. The van der Waals surface area contributed by atoms with Gasteiger partial charge in [0.05, 0.1) is 0 Å². The number of piperazine rings is 1. The van der Waals surface area contributed by atoms with Gasteiger partial charge in [-0.15, -0.1) is 0 Å². The third-order valence-corrected chi connectivity index (χ3v) is 4.53. The van der Waals surface area contributed by atoms with Crippen LogP contribution >= 0.6 is 0 Å². The molecule has 0 atom stereocenters. The van der Waals surface area contributed by atoms with Crippen molar-refractivity contribution < 1.29 is 17.2 Å². The highest BCUT2D eigenvalue weighted by Crippen LogP contribution is 2.21. The molecule has 0 aromatic heterocycles. The highest BCUT2D eigenvalue weighted by atomic mass is 32.2. The molecule has 0 amide bonds. The second-order valence-corrected chi connectivity index (χ2v) is 5.61. The van der Waals surface area contributed by atoms with Crippen molar-refractivity contribution in [3.05, 3.63) is 29.8 Å². The van der Waals surface area contributed by atoms with Crippen molar-refractivity contribution in [3.63, 3.8) is 0 Å². The second kappa shape index (κ2) is 4.67. The molecule has 0 aliphatic carbocycles. The predicted octanol–water partition coefficient (Wildman–Crippen LogP) is 0.559. The zero-order valence-corrected chi connectivity index (χ0v) is 9.80. The molecular weight excluding hydrogens is 250 g/mol. The topological polar surface area (TPSA) is 49.4 Å². The number of nitrogens with one attached hydrogen (secondary N) is 1. The number of sulfonamides is 1. The van der Waals surface area contributed by atoms with E-state index in [-0.39, 0.29) is 13.1 Å². The minimum absolute atomic E-state index is 0.262. The Bertz CT molecular complexity index is 513. The Morgan fingerprint density at radius 1 is 1.18 bits per heavy atom. The third-order valence-electron chi connectivity index (χ3n) is 2.61. The molecule has 1 heterocycles. The minimum atomic E-state index is -3.94. The average molecular weight is 262 g/mol. The largest absolute Gasteiger partial charge is 0.314 e. The van der Waals surface area contributed by atoms with Crippen LogP contribution in [-0.4, -0.2) is 38.9 Å². The van der Waals surface area contributed by atoms with Gasteiger partial charge >= 0.3 is 0 Å². The van der Waals surface area contributed by atoms with Crippen LogP contribution in [0.2, 0.25) is 0 Å². The van der Waals surface area contributed by atoms with Gasteiger partial charge in [-0.05, 0) is 12.1 Å². The van der Waals surface area contributed by atoms with E-state index in [2.05, 4.69) is 5.32 Å². The highest BCUT2D eigenvalue weighted by Gasteiger charge is 2.29. The van der Waals surface area contributed by atoms with Gasteiger partial charge in [0.25, 0.3) is 0 Å². The fourth-order valence-electron chi connectivity index (χ4n) is 1.71. The molecule has 1 aromatic rings. The Morgan fingerprint density at radius 3 is 2.47 bits per heavy atom. The van der Waals surface area contributed by atoms with E-state index < -0.39 is 26.6 Å². The summed E-state index contributed by atoms with van der Waals surface area (Å²) in [5.41, 5.74) is 0. The van der Waals surface area contributed by atoms with E-state index in [1.54, 1.807) is 0 Å². The smallest absolute Gasteiger partial charge is 0.246 e. The fraction of sp³-hybridized carbons (Fsp3) is 0.400. The van der Waals surface area contributed by atoms with Gasteiger partial charge in [-0.25, -0.2) is 17.2 Å². The van der Waals surface area contributed by atoms with Crippen molar-refractivity contribution in [3.8, 4) is 0 Å². The first-order valence-corrected chi connectivity index (χ1v) is 6.62. The Kier molecular flexibility index (Phi) is 3.41. The van der Waals surface area contributed by atoms with Crippen LogP contribution in [0, 0.1) is 11.6 Å². The lowest BCUT2D eigenvalue weighted by Gasteiger charge is -2.26. The SMILES string of the molecule is O=S(=O)(c1cccc(F)c1F)N1CCNCC1. The number of hydrogen-bond donors (Lipinski definition) is 1. The Hall–Kier alpha value is -1.05. The molecule has 4 nitrogen and oxygen atoms in total. The molecule has 1 saturated heterocycles. The normalized spacial score (nSPS) is 18.2. The minimum Gasteiger partial charge on any atom is -0.314 e. The van der Waals surface area contributed by atoms with Crippen molar-refractivity contribution in [2.45, 2.75) is 4.90 Å². The van der Waals surface area contributed by atoms with Crippen LogP contribution in [0.25, 0.3) is 0 Å². The molecule has 94 valence electrons. The zero-order valence-electron chi connectivity index (χ0n) is 8.99. The van der Waals surface area contributed by atoms with Crippen molar-refractivity contribution in [2.75, 3.05) is 26.2 Å². The molecule has 1 aliphatic heterocycles. The Morgan fingerprint density at radius 2 is 1.82 bits per heavy atom. The molecule has 0 bridgehead atoms. The van der Waals surface area contributed by atoms with Gasteiger partial charge in [0.2, 0.25) is 10.0 Å². The summed E-state index contributed by atoms with van der Waals surface area (Å²) in [7, 11) is -3.94. The molecule has 0 spiro atoms. The zero-order chi connectivity index (χ0) is 12.5. The molecule has 17 heavy (non-hydrogen) atoms. The van der Waals surface area contributed by atoms with E-state index >= 15 is 0 Å². The van der Waals surface area contributed by atoms with E-state index in [4.69, 9.17) is 0 Å². The molecular formula is C10H12F2N2O2S. The van der Waals surface area contributed by atoms with E-state index in [0.29, 0.717) is 13.1 Å².